The van der Waals surface area contributed by atoms with Gasteiger partial charge in [0.25, 0.3) is 0 Å². The van der Waals surface area contributed by atoms with Crippen LogP contribution in [0, 0.1) is 11.8 Å². The van der Waals surface area contributed by atoms with E-state index >= 15 is 0 Å². The molecule has 0 bridgehead atoms. The summed E-state index contributed by atoms with van der Waals surface area (Å²) in [7, 11) is 1.86. The Morgan fingerprint density at radius 1 is 1.28 bits per heavy atom. The van der Waals surface area contributed by atoms with E-state index in [0.29, 0.717) is 11.8 Å². The highest BCUT2D eigenvalue weighted by atomic mass is 127. The molecule has 0 radical (unpaired) electrons. The fourth-order valence-corrected chi connectivity index (χ4v) is 4.75. The number of aliphatic imine (C=N–C) groups is 1. The molecule has 2 N–H and O–H groups in total. The van der Waals surface area contributed by atoms with Crippen molar-refractivity contribution in [3.63, 3.8) is 0 Å². The summed E-state index contributed by atoms with van der Waals surface area (Å²) in [5.74, 6) is 3.26. The van der Waals surface area contributed by atoms with Crippen LogP contribution in [0.1, 0.15) is 25.7 Å². The van der Waals surface area contributed by atoms with Gasteiger partial charge in [-0.3, -0.25) is 4.99 Å². The first kappa shape index (κ1) is 20.8. The van der Waals surface area contributed by atoms with Crippen molar-refractivity contribution in [1.82, 2.24) is 10.2 Å². The number of nitrogens with one attached hydrogen (secondary N) is 1. The number of hydrogen-bond donors (Lipinski definition) is 2. The molecular formula is C19H30IN3OS. The van der Waals surface area contributed by atoms with E-state index in [1.165, 1.54) is 17.1 Å². The van der Waals surface area contributed by atoms with Gasteiger partial charge in [-0.05, 0) is 37.3 Å². The molecule has 3 unspecified atom stereocenters. The normalized spacial score (nSPS) is 26.6. The zero-order valence-electron chi connectivity index (χ0n) is 14.9. The number of thioether (sulfide) groups is 1. The highest BCUT2D eigenvalue weighted by Gasteiger charge is 2.28. The number of halogens is 1. The van der Waals surface area contributed by atoms with E-state index < -0.39 is 0 Å². The molecule has 2 aliphatic rings. The second kappa shape index (κ2) is 10.6. The Bertz CT molecular complexity index is 543. The van der Waals surface area contributed by atoms with Crippen LogP contribution in [0.3, 0.4) is 0 Å². The molecule has 2 fully saturated rings. The third-order valence-electron chi connectivity index (χ3n) is 5.17. The average Bonchev–Trinajstić information content (AvgIpc) is 3.24. The van der Waals surface area contributed by atoms with Crippen LogP contribution in [0.15, 0.2) is 40.2 Å². The molecule has 0 amide bonds. The Morgan fingerprint density at radius 2 is 2.08 bits per heavy atom. The third kappa shape index (κ3) is 6.03. The van der Waals surface area contributed by atoms with Crippen molar-refractivity contribution < 1.29 is 5.11 Å². The Kier molecular flexibility index (Phi) is 8.85. The Balaban J connectivity index is 0.00000225. The minimum atomic E-state index is -0.135. The maximum Gasteiger partial charge on any atom is 0.193 e. The molecule has 1 saturated carbocycles. The number of likely N-dealkylation sites (tertiary alicyclic amines) is 1. The Hall–Kier alpha value is -0.470. The van der Waals surface area contributed by atoms with E-state index in [1.54, 1.807) is 0 Å². The van der Waals surface area contributed by atoms with Gasteiger partial charge in [0.15, 0.2) is 5.96 Å². The van der Waals surface area contributed by atoms with Crippen LogP contribution >= 0.6 is 35.7 Å². The van der Waals surface area contributed by atoms with Gasteiger partial charge in [0.2, 0.25) is 0 Å². The molecule has 1 saturated heterocycles. The summed E-state index contributed by atoms with van der Waals surface area (Å²) < 4.78 is 0. The predicted octanol–water partition coefficient (Wildman–Crippen LogP) is 3.46. The lowest BCUT2D eigenvalue weighted by Crippen LogP contribution is -2.43. The van der Waals surface area contributed by atoms with Crippen LogP contribution in [-0.4, -0.2) is 54.5 Å². The van der Waals surface area contributed by atoms with Gasteiger partial charge < -0.3 is 15.3 Å². The van der Waals surface area contributed by atoms with Crippen LogP contribution in [0.5, 0.6) is 0 Å². The molecule has 1 aliphatic heterocycles. The maximum absolute atomic E-state index is 9.96. The second-order valence-electron chi connectivity index (χ2n) is 6.91. The number of aliphatic hydroxyl groups excluding tert-OH is 1. The van der Waals surface area contributed by atoms with Crippen molar-refractivity contribution >= 4 is 41.7 Å². The Morgan fingerprint density at radius 3 is 2.76 bits per heavy atom. The van der Waals surface area contributed by atoms with E-state index in [4.69, 9.17) is 0 Å². The number of hydrogen-bond acceptors (Lipinski definition) is 3. The minimum Gasteiger partial charge on any atom is -0.393 e. The minimum absolute atomic E-state index is 0. The number of benzene rings is 1. The number of rotatable bonds is 5. The molecule has 140 valence electrons. The first-order chi connectivity index (χ1) is 11.8. The SMILES string of the molecule is CN=C(NCC1CCCC1O)N1CCC(CSc2ccccc2)C1.I. The van der Waals surface area contributed by atoms with Crippen LogP contribution in [0.25, 0.3) is 0 Å². The second-order valence-corrected chi connectivity index (χ2v) is 8.00. The first-order valence-corrected chi connectivity index (χ1v) is 10.1. The topological polar surface area (TPSA) is 47.9 Å². The van der Waals surface area contributed by atoms with E-state index in [0.717, 1.165) is 44.9 Å². The number of nitrogens with zero attached hydrogens (tertiary/aromatic N) is 2. The van der Waals surface area contributed by atoms with E-state index in [1.807, 2.05) is 18.8 Å². The molecule has 25 heavy (non-hydrogen) atoms. The summed E-state index contributed by atoms with van der Waals surface area (Å²) in [6.07, 6.45) is 4.32. The molecule has 0 aromatic heterocycles. The van der Waals surface area contributed by atoms with Crippen molar-refractivity contribution in [2.24, 2.45) is 16.8 Å². The Labute approximate surface area is 172 Å². The molecule has 3 rings (SSSR count). The molecule has 6 heteroatoms. The zero-order valence-corrected chi connectivity index (χ0v) is 18.1. The van der Waals surface area contributed by atoms with Gasteiger partial charge in [-0.15, -0.1) is 35.7 Å². The lowest BCUT2D eigenvalue weighted by atomic mass is 10.1. The summed E-state index contributed by atoms with van der Waals surface area (Å²) in [5, 5.41) is 13.5. The van der Waals surface area contributed by atoms with E-state index in [-0.39, 0.29) is 30.1 Å². The maximum atomic E-state index is 9.96. The molecule has 1 aliphatic carbocycles. The molecule has 1 aromatic carbocycles. The van der Waals surface area contributed by atoms with E-state index in [2.05, 4.69) is 45.5 Å². The highest BCUT2D eigenvalue weighted by molar-refractivity contribution is 14.0. The van der Waals surface area contributed by atoms with Crippen molar-refractivity contribution in [2.75, 3.05) is 32.4 Å². The lowest BCUT2D eigenvalue weighted by Gasteiger charge is -2.24. The largest absolute Gasteiger partial charge is 0.393 e. The first-order valence-electron chi connectivity index (χ1n) is 9.07. The summed E-state index contributed by atoms with van der Waals surface area (Å²) in [6, 6.07) is 10.6. The molecule has 4 nitrogen and oxygen atoms in total. The van der Waals surface area contributed by atoms with Gasteiger partial charge in [-0.2, -0.15) is 0 Å². The summed E-state index contributed by atoms with van der Waals surface area (Å²) in [6.45, 7) is 2.99. The van der Waals surface area contributed by atoms with Crippen molar-refractivity contribution in [3.8, 4) is 0 Å². The molecule has 1 heterocycles. The fraction of sp³-hybridized carbons (Fsp3) is 0.632. The molecule has 0 spiro atoms. The van der Waals surface area contributed by atoms with Crippen molar-refractivity contribution in [2.45, 2.75) is 36.7 Å². The molecule has 3 atom stereocenters. The lowest BCUT2D eigenvalue weighted by molar-refractivity contribution is 0.134. The van der Waals surface area contributed by atoms with Crippen molar-refractivity contribution in [3.05, 3.63) is 30.3 Å². The summed E-state index contributed by atoms with van der Waals surface area (Å²) in [4.78, 5) is 8.18. The monoisotopic (exact) mass is 475 g/mol. The van der Waals surface area contributed by atoms with Crippen LogP contribution < -0.4 is 5.32 Å². The van der Waals surface area contributed by atoms with E-state index in [9.17, 15) is 5.11 Å². The smallest absolute Gasteiger partial charge is 0.193 e. The van der Waals surface area contributed by atoms with Crippen molar-refractivity contribution in [1.29, 1.82) is 0 Å². The number of guanidine groups is 1. The van der Waals surface area contributed by atoms with Gasteiger partial charge >= 0.3 is 0 Å². The third-order valence-corrected chi connectivity index (χ3v) is 6.41. The van der Waals surface area contributed by atoms with Gasteiger partial charge in [0, 0.05) is 43.2 Å². The fourth-order valence-electron chi connectivity index (χ4n) is 3.70. The number of aliphatic hydroxyl groups is 1. The highest BCUT2D eigenvalue weighted by Crippen LogP contribution is 2.27. The van der Waals surface area contributed by atoms with Crippen LogP contribution in [0.2, 0.25) is 0 Å². The van der Waals surface area contributed by atoms with Gasteiger partial charge in [-0.25, -0.2) is 0 Å². The van der Waals surface area contributed by atoms with Gasteiger partial charge in [0.1, 0.15) is 0 Å². The average molecular weight is 475 g/mol. The molecular weight excluding hydrogens is 445 g/mol. The standard InChI is InChI=1S/C19H29N3OS.HI/c1-20-19(21-12-16-6-5-9-18(16)23)22-11-10-15(13-22)14-24-17-7-3-2-4-8-17;/h2-4,7-8,15-16,18,23H,5-6,9-14H2,1H3,(H,20,21);1H. The molecule has 1 aromatic rings. The zero-order chi connectivity index (χ0) is 16.8. The van der Waals surface area contributed by atoms with Crippen LogP contribution in [-0.2, 0) is 0 Å². The van der Waals surface area contributed by atoms with Crippen LogP contribution in [0.4, 0.5) is 0 Å². The van der Waals surface area contributed by atoms with Gasteiger partial charge in [0.05, 0.1) is 6.10 Å². The summed E-state index contributed by atoms with van der Waals surface area (Å²) in [5.41, 5.74) is 0. The summed E-state index contributed by atoms with van der Waals surface area (Å²) >= 11 is 1.95. The van der Waals surface area contributed by atoms with Gasteiger partial charge in [-0.1, -0.05) is 24.6 Å². The quantitative estimate of drug-likeness (QED) is 0.297. The predicted molar refractivity (Wildman–Crippen MR) is 117 cm³/mol.